The third-order valence-electron chi connectivity index (χ3n) is 2.44. The Labute approximate surface area is 110 Å². The van der Waals surface area contributed by atoms with Crippen LogP contribution in [0.2, 0.25) is 0 Å². The summed E-state index contributed by atoms with van der Waals surface area (Å²) >= 11 is 1.58. The largest absolute Gasteiger partial charge is 0.481 e. The van der Waals surface area contributed by atoms with E-state index >= 15 is 0 Å². The third kappa shape index (κ3) is 5.27. The van der Waals surface area contributed by atoms with E-state index < -0.39 is 5.97 Å². The van der Waals surface area contributed by atoms with Gasteiger partial charge in [0.15, 0.2) is 0 Å². The fourth-order valence-corrected chi connectivity index (χ4v) is 2.33. The number of hydrogen-bond donors (Lipinski definition) is 2. The van der Waals surface area contributed by atoms with Gasteiger partial charge in [0.2, 0.25) is 5.91 Å². The zero-order chi connectivity index (χ0) is 13.5. The molecule has 2 N–H and O–H groups in total. The number of carboxylic acids is 1. The smallest absolute Gasteiger partial charge is 0.303 e. The Balaban J connectivity index is 2.30. The number of rotatable bonds is 7. The summed E-state index contributed by atoms with van der Waals surface area (Å²) in [6.07, 6.45) is 3.02. The molecule has 0 spiro atoms. The Kier molecular flexibility index (Phi) is 5.77. The van der Waals surface area contributed by atoms with Gasteiger partial charge in [-0.2, -0.15) is 0 Å². The molecule has 0 aliphatic carbocycles. The van der Waals surface area contributed by atoms with Crippen LogP contribution in [-0.4, -0.2) is 22.0 Å². The number of amides is 1. The molecule has 1 unspecified atom stereocenters. The lowest BCUT2D eigenvalue weighted by molar-refractivity contribution is -0.138. The molecule has 1 atom stereocenters. The molecule has 1 aromatic heterocycles. The fraction of sp³-hybridized carbons (Fsp3) is 0.583. The predicted molar refractivity (Wildman–Crippen MR) is 69.4 cm³/mol. The normalized spacial score (nSPS) is 12.1. The topological polar surface area (TPSA) is 79.3 Å². The quantitative estimate of drug-likeness (QED) is 0.792. The average Bonchev–Trinajstić information content (AvgIpc) is 2.72. The zero-order valence-corrected chi connectivity index (χ0v) is 11.4. The molecule has 1 amide bonds. The summed E-state index contributed by atoms with van der Waals surface area (Å²) in [6, 6.07) is 0. The minimum atomic E-state index is -0.872. The number of aromatic nitrogens is 1. The molecule has 0 radical (unpaired) electrons. The Morgan fingerprint density at radius 3 is 2.78 bits per heavy atom. The molecule has 0 aliphatic heterocycles. The van der Waals surface area contributed by atoms with Gasteiger partial charge in [-0.25, -0.2) is 4.98 Å². The van der Waals surface area contributed by atoms with Crippen molar-refractivity contribution in [2.75, 3.05) is 0 Å². The second kappa shape index (κ2) is 7.10. The van der Waals surface area contributed by atoms with Gasteiger partial charge in [-0.05, 0) is 12.3 Å². The number of carbonyl (C=O) groups excluding carboxylic acids is 1. The summed E-state index contributed by atoms with van der Waals surface area (Å²) in [4.78, 5) is 27.4. The number of aryl methyl sites for hydroxylation is 1. The minimum absolute atomic E-state index is 0.0185. The van der Waals surface area contributed by atoms with Crippen LogP contribution in [0.5, 0.6) is 0 Å². The van der Waals surface area contributed by atoms with Gasteiger partial charge in [-0.15, -0.1) is 11.3 Å². The van der Waals surface area contributed by atoms with E-state index in [0.29, 0.717) is 6.54 Å². The van der Waals surface area contributed by atoms with Gasteiger partial charge in [-0.3, -0.25) is 9.59 Å². The molecular formula is C12H18N2O3S. The lowest BCUT2D eigenvalue weighted by Gasteiger charge is -2.08. The summed E-state index contributed by atoms with van der Waals surface area (Å²) in [5.74, 6) is -1.15. The molecule has 0 aliphatic rings. The molecule has 1 rings (SSSR count). The van der Waals surface area contributed by atoms with Crippen molar-refractivity contribution in [2.24, 2.45) is 5.92 Å². The Morgan fingerprint density at radius 1 is 1.50 bits per heavy atom. The monoisotopic (exact) mass is 270 g/mol. The zero-order valence-electron chi connectivity index (χ0n) is 10.6. The number of nitrogens with zero attached hydrogens (tertiary/aromatic N) is 1. The van der Waals surface area contributed by atoms with Crippen molar-refractivity contribution in [3.8, 4) is 0 Å². The maximum absolute atomic E-state index is 11.6. The van der Waals surface area contributed by atoms with E-state index in [1.54, 1.807) is 18.3 Å². The van der Waals surface area contributed by atoms with Gasteiger partial charge in [0.25, 0.3) is 0 Å². The highest BCUT2D eigenvalue weighted by molar-refractivity contribution is 7.11. The number of aliphatic carboxylic acids is 1. The van der Waals surface area contributed by atoms with Crippen molar-refractivity contribution in [3.05, 3.63) is 16.1 Å². The van der Waals surface area contributed by atoms with Crippen molar-refractivity contribution >= 4 is 23.2 Å². The highest BCUT2D eigenvalue weighted by Crippen LogP contribution is 2.13. The van der Waals surface area contributed by atoms with Crippen LogP contribution in [0.25, 0.3) is 0 Å². The molecule has 1 heterocycles. The first kappa shape index (κ1) is 14.6. The minimum Gasteiger partial charge on any atom is -0.481 e. The van der Waals surface area contributed by atoms with Crippen LogP contribution in [0.15, 0.2) is 6.20 Å². The second-order valence-corrected chi connectivity index (χ2v) is 5.46. The Bertz CT molecular complexity index is 417. The van der Waals surface area contributed by atoms with Crippen LogP contribution in [0.3, 0.4) is 0 Å². The van der Waals surface area contributed by atoms with Crippen molar-refractivity contribution in [2.45, 2.75) is 39.7 Å². The van der Waals surface area contributed by atoms with Gasteiger partial charge in [-0.1, -0.05) is 13.8 Å². The summed E-state index contributed by atoms with van der Waals surface area (Å²) in [7, 11) is 0. The van der Waals surface area contributed by atoms with Crippen molar-refractivity contribution in [1.82, 2.24) is 10.3 Å². The predicted octanol–water partition coefficient (Wildman–Crippen LogP) is 1.82. The van der Waals surface area contributed by atoms with E-state index in [4.69, 9.17) is 5.11 Å². The molecule has 1 aromatic rings. The fourth-order valence-electron chi connectivity index (χ4n) is 1.53. The molecule has 6 heteroatoms. The maximum Gasteiger partial charge on any atom is 0.303 e. The van der Waals surface area contributed by atoms with Crippen molar-refractivity contribution < 1.29 is 14.7 Å². The Hall–Kier alpha value is -1.43. The Morgan fingerprint density at radius 2 is 2.22 bits per heavy atom. The average molecular weight is 270 g/mol. The molecule has 0 saturated carbocycles. The summed E-state index contributed by atoms with van der Waals surface area (Å²) in [6.45, 7) is 4.24. The third-order valence-corrected chi connectivity index (χ3v) is 3.59. The summed E-state index contributed by atoms with van der Waals surface area (Å²) in [5, 5.41) is 12.2. The first-order valence-corrected chi connectivity index (χ1v) is 6.75. The highest BCUT2D eigenvalue weighted by Gasteiger charge is 2.12. The molecule has 0 fully saturated rings. The van der Waals surface area contributed by atoms with Gasteiger partial charge in [0, 0.05) is 23.9 Å². The molecule has 100 valence electrons. The maximum atomic E-state index is 11.6. The van der Waals surface area contributed by atoms with E-state index in [0.717, 1.165) is 11.4 Å². The SMILES string of the molecule is CCc1cnc(CNC(=O)CC(C)CC(=O)O)s1. The standard InChI is InChI=1S/C12H18N2O3S/c1-3-9-6-14-11(18-9)7-13-10(15)4-8(2)5-12(16)17/h6,8H,3-5,7H2,1-2H3,(H,13,15)(H,16,17). The summed E-state index contributed by atoms with van der Waals surface area (Å²) in [5.41, 5.74) is 0. The number of hydrogen-bond acceptors (Lipinski definition) is 4. The number of nitrogens with one attached hydrogen (secondary N) is 1. The molecule has 5 nitrogen and oxygen atoms in total. The van der Waals surface area contributed by atoms with Crippen molar-refractivity contribution in [1.29, 1.82) is 0 Å². The van der Waals surface area contributed by atoms with Gasteiger partial charge >= 0.3 is 5.97 Å². The van der Waals surface area contributed by atoms with E-state index in [-0.39, 0.29) is 24.7 Å². The van der Waals surface area contributed by atoms with Crippen molar-refractivity contribution in [3.63, 3.8) is 0 Å². The molecule has 18 heavy (non-hydrogen) atoms. The number of carboxylic acid groups (broad SMARTS) is 1. The van der Waals surface area contributed by atoms with Crippen LogP contribution in [0, 0.1) is 5.92 Å². The molecular weight excluding hydrogens is 252 g/mol. The first-order valence-electron chi connectivity index (χ1n) is 5.93. The summed E-state index contributed by atoms with van der Waals surface area (Å²) < 4.78 is 0. The lowest BCUT2D eigenvalue weighted by atomic mass is 10.0. The molecule has 0 saturated heterocycles. The first-order chi connectivity index (χ1) is 8.51. The second-order valence-electron chi connectivity index (χ2n) is 4.26. The van der Waals surface area contributed by atoms with Crippen LogP contribution >= 0.6 is 11.3 Å². The van der Waals surface area contributed by atoms with Crippen LogP contribution in [0.4, 0.5) is 0 Å². The van der Waals surface area contributed by atoms with E-state index in [2.05, 4.69) is 17.2 Å². The molecule has 0 aromatic carbocycles. The van der Waals surface area contributed by atoms with E-state index in [1.165, 1.54) is 4.88 Å². The van der Waals surface area contributed by atoms with Gasteiger partial charge < -0.3 is 10.4 Å². The molecule has 0 bridgehead atoms. The lowest BCUT2D eigenvalue weighted by Crippen LogP contribution is -2.25. The number of carbonyl (C=O) groups is 2. The highest BCUT2D eigenvalue weighted by atomic mass is 32.1. The van der Waals surface area contributed by atoms with Crippen LogP contribution in [0.1, 0.15) is 36.6 Å². The van der Waals surface area contributed by atoms with E-state index in [9.17, 15) is 9.59 Å². The van der Waals surface area contributed by atoms with Gasteiger partial charge in [0.05, 0.1) is 6.54 Å². The van der Waals surface area contributed by atoms with Gasteiger partial charge in [0.1, 0.15) is 5.01 Å². The number of thiazole rings is 1. The van der Waals surface area contributed by atoms with E-state index in [1.807, 2.05) is 6.20 Å². The van der Waals surface area contributed by atoms with Crippen LogP contribution in [-0.2, 0) is 22.6 Å². The van der Waals surface area contributed by atoms with Crippen LogP contribution < -0.4 is 5.32 Å².